The molecule has 1 atom stereocenters. The molecular formula is C12H15Cl2NO4S. The Labute approximate surface area is 128 Å². The molecule has 0 bridgehead atoms. The molecule has 0 unspecified atom stereocenters. The van der Waals surface area contributed by atoms with Crippen LogP contribution in [0.25, 0.3) is 0 Å². The summed E-state index contributed by atoms with van der Waals surface area (Å²) in [5.74, 6) is -1.35. The van der Waals surface area contributed by atoms with Crippen LogP contribution in [0, 0.1) is 0 Å². The van der Waals surface area contributed by atoms with Crippen LogP contribution in [0.3, 0.4) is 0 Å². The second-order valence-electron chi connectivity index (χ2n) is 4.23. The summed E-state index contributed by atoms with van der Waals surface area (Å²) in [5, 5.41) is 2.51. The van der Waals surface area contributed by atoms with Crippen molar-refractivity contribution >= 4 is 38.9 Å². The molecule has 0 heterocycles. The normalized spacial score (nSPS) is 13.0. The van der Waals surface area contributed by atoms with Crippen LogP contribution in [0.1, 0.15) is 6.92 Å². The van der Waals surface area contributed by atoms with E-state index in [9.17, 15) is 13.2 Å². The van der Waals surface area contributed by atoms with Crippen molar-refractivity contribution in [2.45, 2.75) is 17.9 Å². The summed E-state index contributed by atoms with van der Waals surface area (Å²) < 4.78 is 29.2. The Kier molecular flexibility index (Phi) is 6.26. The van der Waals surface area contributed by atoms with E-state index in [-0.39, 0.29) is 21.0 Å². The minimum absolute atomic E-state index is 0.00441. The first-order valence-electron chi connectivity index (χ1n) is 5.73. The summed E-state index contributed by atoms with van der Waals surface area (Å²) in [5.41, 5.74) is 0. The van der Waals surface area contributed by atoms with Gasteiger partial charge in [0.25, 0.3) is 0 Å². The molecule has 0 aliphatic carbocycles. The Morgan fingerprint density at radius 2 is 1.90 bits per heavy atom. The molecule has 8 heteroatoms. The van der Waals surface area contributed by atoms with Crippen molar-refractivity contribution < 1.29 is 17.9 Å². The molecule has 112 valence electrons. The lowest BCUT2D eigenvalue weighted by Gasteiger charge is -2.13. The largest absolute Gasteiger partial charge is 0.383 e. The van der Waals surface area contributed by atoms with E-state index in [4.69, 9.17) is 27.9 Å². The Morgan fingerprint density at radius 1 is 1.35 bits per heavy atom. The first-order chi connectivity index (χ1) is 9.27. The molecule has 1 N–H and O–H groups in total. The molecule has 0 fully saturated rings. The third kappa shape index (κ3) is 4.63. The standard InChI is InChI=1S/C12H15Cl2NO4S/c1-8(6-19-2)15-11(16)7-20(17,18)12-9(13)4-3-5-10(12)14/h3-5,8H,6-7H2,1-2H3,(H,15,16)/t8-/m0/s1. The van der Waals surface area contributed by atoms with Crippen molar-refractivity contribution in [2.75, 3.05) is 19.5 Å². The fraction of sp³-hybridized carbons (Fsp3) is 0.417. The molecule has 1 amide bonds. The smallest absolute Gasteiger partial charge is 0.235 e. The second kappa shape index (κ2) is 7.26. The molecule has 0 saturated heterocycles. The molecule has 5 nitrogen and oxygen atoms in total. The lowest BCUT2D eigenvalue weighted by atomic mass is 10.3. The summed E-state index contributed by atoms with van der Waals surface area (Å²) in [6.45, 7) is 2.00. The first kappa shape index (κ1) is 17.2. The zero-order chi connectivity index (χ0) is 15.3. The molecular weight excluding hydrogens is 325 g/mol. The highest BCUT2D eigenvalue weighted by Crippen LogP contribution is 2.29. The monoisotopic (exact) mass is 339 g/mol. The van der Waals surface area contributed by atoms with Crippen LogP contribution in [-0.2, 0) is 19.4 Å². The van der Waals surface area contributed by atoms with E-state index in [2.05, 4.69) is 5.32 Å². The minimum atomic E-state index is -3.90. The van der Waals surface area contributed by atoms with Crippen molar-refractivity contribution in [1.29, 1.82) is 0 Å². The molecule has 1 aromatic rings. The van der Waals surface area contributed by atoms with Crippen LogP contribution < -0.4 is 5.32 Å². The molecule has 20 heavy (non-hydrogen) atoms. The summed E-state index contributed by atoms with van der Waals surface area (Å²) in [4.78, 5) is 11.5. The number of rotatable bonds is 6. The van der Waals surface area contributed by atoms with Crippen LogP contribution in [0.5, 0.6) is 0 Å². The molecule has 0 radical (unpaired) electrons. The number of benzene rings is 1. The van der Waals surface area contributed by atoms with Crippen LogP contribution >= 0.6 is 23.2 Å². The predicted molar refractivity (Wildman–Crippen MR) is 78.0 cm³/mol. The lowest BCUT2D eigenvalue weighted by Crippen LogP contribution is -2.39. The van der Waals surface area contributed by atoms with E-state index in [0.717, 1.165) is 0 Å². The van der Waals surface area contributed by atoms with Crippen molar-refractivity contribution in [3.63, 3.8) is 0 Å². The number of halogens is 2. The fourth-order valence-electron chi connectivity index (χ4n) is 1.63. The Morgan fingerprint density at radius 3 is 2.40 bits per heavy atom. The summed E-state index contributed by atoms with van der Waals surface area (Å²) in [7, 11) is -2.41. The molecule has 0 spiro atoms. The Bertz CT molecular complexity index is 569. The lowest BCUT2D eigenvalue weighted by molar-refractivity contribution is -0.119. The predicted octanol–water partition coefficient (Wildman–Crippen LogP) is 1.92. The third-order valence-electron chi connectivity index (χ3n) is 2.38. The van der Waals surface area contributed by atoms with Crippen molar-refractivity contribution in [3.05, 3.63) is 28.2 Å². The van der Waals surface area contributed by atoms with E-state index < -0.39 is 21.5 Å². The van der Waals surface area contributed by atoms with E-state index in [1.165, 1.54) is 25.3 Å². The number of sulfone groups is 1. The van der Waals surface area contributed by atoms with E-state index in [1.54, 1.807) is 6.92 Å². The summed E-state index contributed by atoms with van der Waals surface area (Å²) >= 11 is 11.7. The van der Waals surface area contributed by atoms with Gasteiger partial charge in [-0.05, 0) is 19.1 Å². The van der Waals surface area contributed by atoms with Crippen LogP contribution in [0.4, 0.5) is 0 Å². The minimum Gasteiger partial charge on any atom is -0.383 e. The third-order valence-corrected chi connectivity index (χ3v) is 4.93. The Hall–Kier alpha value is -0.820. The molecule has 0 aliphatic heterocycles. The van der Waals surface area contributed by atoms with Crippen molar-refractivity contribution in [3.8, 4) is 0 Å². The van der Waals surface area contributed by atoms with Crippen LogP contribution in [0.2, 0.25) is 10.0 Å². The number of carbonyl (C=O) groups is 1. The van der Waals surface area contributed by atoms with Crippen LogP contribution in [-0.4, -0.2) is 39.8 Å². The SMILES string of the molecule is COC[C@H](C)NC(=O)CS(=O)(=O)c1c(Cl)cccc1Cl. The van der Waals surface area contributed by atoms with Gasteiger partial charge >= 0.3 is 0 Å². The maximum absolute atomic E-state index is 12.2. The highest BCUT2D eigenvalue weighted by molar-refractivity contribution is 7.92. The van der Waals surface area contributed by atoms with Gasteiger partial charge in [-0.15, -0.1) is 0 Å². The van der Waals surface area contributed by atoms with Gasteiger partial charge in [-0.25, -0.2) is 8.42 Å². The number of hydrogen-bond donors (Lipinski definition) is 1. The molecule has 0 aromatic heterocycles. The van der Waals surface area contributed by atoms with Gasteiger partial charge in [0.05, 0.1) is 16.7 Å². The average molecular weight is 340 g/mol. The van der Waals surface area contributed by atoms with Gasteiger partial charge in [-0.2, -0.15) is 0 Å². The maximum Gasteiger partial charge on any atom is 0.235 e. The van der Waals surface area contributed by atoms with Gasteiger partial charge in [0, 0.05) is 13.2 Å². The molecule has 1 aromatic carbocycles. The average Bonchev–Trinajstić information content (AvgIpc) is 2.26. The number of hydrogen-bond acceptors (Lipinski definition) is 4. The van der Waals surface area contributed by atoms with Crippen molar-refractivity contribution in [1.82, 2.24) is 5.32 Å². The first-order valence-corrected chi connectivity index (χ1v) is 8.14. The van der Waals surface area contributed by atoms with Gasteiger partial charge in [0.2, 0.25) is 5.91 Å². The number of nitrogens with one attached hydrogen (secondary N) is 1. The van der Waals surface area contributed by atoms with Gasteiger partial charge in [-0.1, -0.05) is 29.3 Å². The van der Waals surface area contributed by atoms with Gasteiger partial charge in [0.1, 0.15) is 10.6 Å². The number of carbonyl (C=O) groups excluding carboxylic acids is 1. The summed E-state index contributed by atoms with van der Waals surface area (Å²) in [6, 6.07) is 4.06. The topological polar surface area (TPSA) is 72.5 Å². The fourth-order valence-corrected chi connectivity index (χ4v) is 4.04. The molecule has 0 saturated carbocycles. The summed E-state index contributed by atoms with van der Waals surface area (Å²) in [6.07, 6.45) is 0. The van der Waals surface area contributed by atoms with E-state index in [1.807, 2.05) is 0 Å². The zero-order valence-corrected chi connectivity index (χ0v) is 13.3. The molecule has 1 rings (SSSR count). The van der Waals surface area contributed by atoms with Gasteiger partial charge in [-0.3, -0.25) is 4.79 Å². The number of amides is 1. The molecule has 0 aliphatic rings. The number of methoxy groups -OCH3 is 1. The number of ether oxygens (including phenoxy) is 1. The quantitative estimate of drug-likeness (QED) is 0.859. The highest BCUT2D eigenvalue weighted by atomic mass is 35.5. The van der Waals surface area contributed by atoms with Gasteiger partial charge in [0.15, 0.2) is 9.84 Å². The van der Waals surface area contributed by atoms with Gasteiger partial charge < -0.3 is 10.1 Å². The van der Waals surface area contributed by atoms with Crippen molar-refractivity contribution in [2.24, 2.45) is 0 Å². The highest BCUT2D eigenvalue weighted by Gasteiger charge is 2.25. The van der Waals surface area contributed by atoms with Crippen LogP contribution in [0.15, 0.2) is 23.1 Å². The van der Waals surface area contributed by atoms with E-state index >= 15 is 0 Å². The maximum atomic E-state index is 12.2. The zero-order valence-electron chi connectivity index (χ0n) is 11.0. The second-order valence-corrected chi connectivity index (χ2v) is 6.97. The Balaban J connectivity index is 2.88. The van der Waals surface area contributed by atoms with E-state index in [0.29, 0.717) is 6.61 Å².